The highest BCUT2D eigenvalue weighted by atomic mass is 35.5. The maximum Gasteiger partial charge on any atom is 0.267 e. The van der Waals surface area contributed by atoms with Gasteiger partial charge in [-0.3, -0.25) is 14.9 Å². The van der Waals surface area contributed by atoms with Gasteiger partial charge in [0, 0.05) is 6.20 Å². The summed E-state index contributed by atoms with van der Waals surface area (Å²) in [5.41, 5.74) is 5.29. The molecule has 0 aliphatic carbocycles. The Morgan fingerprint density at radius 1 is 1.50 bits per heavy atom. The Morgan fingerprint density at radius 2 is 2.25 bits per heavy atom. The van der Waals surface area contributed by atoms with Gasteiger partial charge in [0.25, 0.3) is 5.91 Å². The summed E-state index contributed by atoms with van der Waals surface area (Å²) in [5.74, 6) is -1.37. The third kappa shape index (κ3) is 1.74. The van der Waals surface area contributed by atoms with Crippen LogP contribution in [0.5, 0.6) is 0 Å². The molecule has 2 heterocycles. The van der Waals surface area contributed by atoms with Crippen molar-refractivity contribution < 1.29 is 9.18 Å². The molecule has 0 radical (unpaired) electrons. The zero-order valence-electron chi connectivity index (χ0n) is 7.87. The summed E-state index contributed by atoms with van der Waals surface area (Å²) in [6.45, 7) is 0. The molecular formula is C9H6ClFN4O. The molecule has 82 valence electrons. The van der Waals surface area contributed by atoms with Crippen LogP contribution < -0.4 is 5.73 Å². The van der Waals surface area contributed by atoms with Gasteiger partial charge in [0.2, 0.25) is 0 Å². The molecule has 16 heavy (non-hydrogen) atoms. The number of rotatable bonds is 2. The Kier molecular flexibility index (Phi) is 2.57. The molecule has 0 aromatic carbocycles. The number of aromatic nitrogens is 3. The van der Waals surface area contributed by atoms with Crippen LogP contribution in [0.2, 0.25) is 5.02 Å². The lowest BCUT2D eigenvalue weighted by Gasteiger charge is -2.01. The second kappa shape index (κ2) is 3.90. The van der Waals surface area contributed by atoms with Crippen LogP contribution in [-0.2, 0) is 0 Å². The molecule has 0 aliphatic rings. The Labute approximate surface area is 94.4 Å². The van der Waals surface area contributed by atoms with Gasteiger partial charge < -0.3 is 5.73 Å². The summed E-state index contributed by atoms with van der Waals surface area (Å²) >= 11 is 5.56. The summed E-state index contributed by atoms with van der Waals surface area (Å²) < 4.78 is 13.5. The number of hydrogen-bond donors (Lipinski definition) is 2. The molecule has 0 aliphatic heterocycles. The summed E-state index contributed by atoms with van der Waals surface area (Å²) in [6, 6.07) is 1.10. The second-order valence-corrected chi connectivity index (χ2v) is 3.44. The van der Waals surface area contributed by atoms with Gasteiger partial charge in [0.1, 0.15) is 11.4 Å². The van der Waals surface area contributed by atoms with Gasteiger partial charge in [-0.25, -0.2) is 4.39 Å². The lowest BCUT2D eigenvalue weighted by molar-refractivity contribution is 0.0996. The smallest absolute Gasteiger partial charge is 0.267 e. The molecule has 0 saturated carbocycles. The van der Waals surface area contributed by atoms with Gasteiger partial charge in [-0.15, -0.1) is 0 Å². The van der Waals surface area contributed by atoms with E-state index >= 15 is 0 Å². The fourth-order valence-corrected chi connectivity index (χ4v) is 1.41. The molecule has 3 N–H and O–H groups in total. The fourth-order valence-electron chi connectivity index (χ4n) is 1.27. The minimum atomic E-state index is -0.733. The highest BCUT2D eigenvalue weighted by Crippen LogP contribution is 2.24. The molecule has 0 fully saturated rings. The standard InChI is InChI=1S/C9H6ClFN4O/c10-4-1-6(11)7(13-2-4)5-3-14-15-8(5)9(12)16/h1-3H,(H2,12,16)(H,14,15). The van der Waals surface area contributed by atoms with Crippen molar-refractivity contribution in [3.63, 3.8) is 0 Å². The van der Waals surface area contributed by atoms with Crippen molar-refractivity contribution in [1.29, 1.82) is 0 Å². The number of nitrogens with one attached hydrogen (secondary N) is 1. The number of nitrogens with two attached hydrogens (primary N) is 1. The molecule has 2 rings (SSSR count). The second-order valence-electron chi connectivity index (χ2n) is 3.01. The number of hydrogen-bond acceptors (Lipinski definition) is 3. The maximum atomic E-state index is 13.5. The minimum Gasteiger partial charge on any atom is -0.364 e. The lowest BCUT2D eigenvalue weighted by atomic mass is 10.1. The Morgan fingerprint density at radius 3 is 2.88 bits per heavy atom. The highest BCUT2D eigenvalue weighted by molar-refractivity contribution is 6.30. The first-order valence-corrected chi connectivity index (χ1v) is 4.62. The number of nitrogens with zero attached hydrogens (tertiary/aromatic N) is 2. The zero-order chi connectivity index (χ0) is 11.7. The molecule has 0 saturated heterocycles. The van der Waals surface area contributed by atoms with Crippen molar-refractivity contribution in [1.82, 2.24) is 15.2 Å². The van der Waals surface area contributed by atoms with Crippen LogP contribution in [-0.4, -0.2) is 21.1 Å². The van der Waals surface area contributed by atoms with Gasteiger partial charge in [0.15, 0.2) is 5.82 Å². The third-order valence-electron chi connectivity index (χ3n) is 1.95. The average molecular weight is 241 g/mol. The molecule has 1 amide bonds. The first-order valence-electron chi connectivity index (χ1n) is 4.24. The van der Waals surface area contributed by atoms with E-state index in [1.165, 1.54) is 12.4 Å². The van der Waals surface area contributed by atoms with Crippen molar-refractivity contribution in [3.8, 4) is 11.3 Å². The Balaban J connectivity index is 2.59. The van der Waals surface area contributed by atoms with Crippen molar-refractivity contribution in [2.75, 3.05) is 0 Å². The van der Waals surface area contributed by atoms with Gasteiger partial charge in [-0.2, -0.15) is 5.10 Å². The van der Waals surface area contributed by atoms with E-state index in [1.807, 2.05) is 0 Å². The SMILES string of the molecule is NC(=O)c1[nH]ncc1-c1ncc(Cl)cc1F. The van der Waals surface area contributed by atoms with Crippen LogP contribution in [0.3, 0.4) is 0 Å². The number of H-pyrrole nitrogens is 1. The van der Waals surface area contributed by atoms with Gasteiger partial charge in [-0.05, 0) is 6.07 Å². The van der Waals surface area contributed by atoms with Crippen molar-refractivity contribution in [3.05, 3.63) is 35.0 Å². The van der Waals surface area contributed by atoms with E-state index in [2.05, 4.69) is 15.2 Å². The predicted molar refractivity (Wildman–Crippen MR) is 55.3 cm³/mol. The van der Waals surface area contributed by atoms with Gasteiger partial charge in [0.05, 0.1) is 16.8 Å². The summed E-state index contributed by atoms with van der Waals surface area (Å²) in [4.78, 5) is 14.8. The molecule has 2 aromatic heterocycles. The van der Waals surface area contributed by atoms with Crippen molar-refractivity contribution >= 4 is 17.5 Å². The summed E-state index contributed by atoms with van der Waals surface area (Å²) in [5, 5.41) is 6.17. The minimum absolute atomic E-state index is 0.00808. The molecule has 0 spiro atoms. The quantitative estimate of drug-likeness (QED) is 0.831. The van der Waals surface area contributed by atoms with E-state index in [0.717, 1.165) is 6.07 Å². The van der Waals surface area contributed by atoms with Crippen LogP contribution in [0.1, 0.15) is 10.5 Å². The molecule has 0 bridgehead atoms. The van der Waals surface area contributed by atoms with E-state index in [9.17, 15) is 9.18 Å². The lowest BCUT2D eigenvalue weighted by Crippen LogP contribution is -2.13. The first kappa shape index (κ1) is 10.6. The van der Waals surface area contributed by atoms with Crippen molar-refractivity contribution in [2.45, 2.75) is 0 Å². The molecule has 2 aromatic rings. The number of pyridine rings is 1. The maximum absolute atomic E-state index is 13.5. The predicted octanol–water partition coefficient (Wildman–Crippen LogP) is 1.36. The van der Waals surface area contributed by atoms with Gasteiger partial charge in [-0.1, -0.05) is 11.6 Å². The number of halogens is 2. The number of amides is 1. The topological polar surface area (TPSA) is 84.7 Å². The number of carbonyl (C=O) groups excluding carboxylic acids is 1. The molecule has 0 unspecified atom stereocenters. The van der Waals surface area contributed by atoms with Crippen LogP contribution >= 0.6 is 11.6 Å². The number of primary amides is 1. The molecule has 0 atom stereocenters. The van der Waals surface area contributed by atoms with E-state index < -0.39 is 11.7 Å². The van der Waals surface area contributed by atoms with Crippen LogP contribution in [0, 0.1) is 5.82 Å². The average Bonchev–Trinajstić information content (AvgIpc) is 2.66. The van der Waals surface area contributed by atoms with Crippen LogP contribution in [0.15, 0.2) is 18.5 Å². The molecule has 5 nitrogen and oxygen atoms in total. The van der Waals surface area contributed by atoms with Crippen molar-refractivity contribution in [2.24, 2.45) is 5.73 Å². The van der Waals surface area contributed by atoms with E-state index in [4.69, 9.17) is 17.3 Å². The Hall–Kier alpha value is -1.95. The molecule has 7 heteroatoms. The number of aromatic amines is 1. The third-order valence-corrected chi connectivity index (χ3v) is 2.16. The zero-order valence-corrected chi connectivity index (χ0v) is 8.62. The summed E-state index contributed by atoms with van der Waals surface area (Å²) in [7, 11) is 0. The largest absolute Gasteiger partial charge is 0.364 e. The normalized spacial score (nSPS) is 10.4. The fraction of sp³-hybridized carbons (Fsp3) is 0. The van der Waals surface area contributed by atoms with Gasteiger partial charge >= 0.3 is 0 Å². The van der Waals surface area contributed by atoms with E-state index in [-0.39, 0.29) is 22.0 Å². The Bertz CT molecular complexity index is 554. The summed E-state index contributed by atoms with van der Waals surface area (Å²) in [6.07, 6.45) is 2.55. The highest BCUT2D eigenvalue weighted by Gasteiger charge is 2.17. The number of carbonyl (C=O) groups is 1. The monoisotopic (exact) mass is 240 g/mol. The first-order chi connectivity index (χ1) is 7.59. The van der Waals surface area contributed by atoms with Crippen LogP contribution in [0.25, 0.3) is 11.3 Å². The van der Waals surface area contributed by atoms with E-state index in [1.54, 1.807) is 0 Å². The van der Waals surface area contributed by atoms with Crippen LogP contribution in [0.4, 0.5) is 4.39 Å². The van der Waals surface area contributed by atoms with E-state index in [0.29, 0.717) is 0 Å². The molecular weight excluding hydrogens is 235 g/mol.